The van der Waals surface area contributed by atoms with Gasteiger partial charge >= 0.3 is 0 Å². The second-order valence-corrected chi connectivity index (χ2v) is 5.59. The lowest BCUT2D eigenvalue weighted by Crippen LogP contribution is -2.21. The molecule has 1 atom stereocenters. The topological polar surface area (TPSA) is 34.1 Å². The van der Waals surface area contributed by atoms with Crippen molar-refractivity contribution in [1.82, 2.24) is 10.3 Å². The Labute approximate surface area is 118 Å². The normalized spacial score (nSPS) is 12.4. The van der Waals surface area contributed by atoms with E-state index in [1.807, 2.05) is 25.1 Å². The van der Waals surface area contributed by atoms with Gasteiger partial charge in [0, 0.05) is 11.4 Å². The standard InChI is InChI=1S/C15H20N2OS/c1-11(14-10-19-12(2)17-14)16-9-8-13-6-4-5-7-15(13)18-3/h4-7,10-11,16H,8-9H2,1-3H3. The molecule has 0 spiro atoms. The number of aromatic nitrogens is 1. The van der Waals surface area contributed by atoms with Crippen LogP contribution in [0.1, 0.15) is 29.2 Å². The maximum absolute atomic E-state index is 5.35. The van der Waals surface area contributed by atoms with Gasteiger partial charge in [0.05, 0.1) is 17.8 Å². The van der Waals surface area contributed by atoms with E-state index < -0.39 is 0 Å². The van der Waals surface area contributed by atoms with Crippen molar-refractivity contribution in [3.05, 3.63) is 45.9 Å². The number of para-hydroxylation sites is 1. The third-order valence-electron chi connectivity index (χ3n) is 3.12. The molecule has 102 valence electrons. The lowest BCUT2D eigenvalue weighted by atomic mass is 10.1. The molecule has 2 aromatic rings. The van der Waals surface area contributed by atoms with E-state index >= 15 is 0 Å². The maximum atomic E-state index is 5.35. The number of benzene rings is 1. The average molecular weight is 276 g/mol. The highest BCUT2D eigenvalue weighted by Gasteiger charge is 2.08. The molecule has 1 N–H and O–H groups in total. The minimum absolute atomic E-state index is 0.291. The quantitative estimate of drug-likeness (QED) is 0.878. The van der Waals surface area contributed by atoms with Crippen molar-refractivity contribution in [1.29, 1.82) is 0 Å². The second kappa shape index (κ2) is 6.68. The Morgan fingerprint density at radius 2 is 2.16 bits per heavy atom. The number of nitrogens with zero attached hydrogens (tertiary/aromatic N) is 1. The number of aryl methyl sites for hydroxylation is 1. The number of nitrogens with one attached hydrogen (secondary N) is 1. The van der Waals surface area contributed by atoms with Crippen LogP contribution in [0.2, 0.25) is 0 Å². The third kappa shape index (κ3) is 3.78. The predicted octanol–water partition coefficient (Wildman–Crippen LogP) is 3.35. The van der Waals surface area contributed by atoms with Gasteiger partial charge in [-0.05, 0) is 38.4 Å². The van der Waals surface area contributed by atoms with E-state index in [0.717, 1.165) is 29.4 Å². The fraction of sp³-hybridized carbons (Fsp3) is 0.400. The summed E-state index contributed by atoms with van der Waals surface area (Å²) in [6, 6.07) is 8.45. The zero-order valence-electron chi connectivity index (χ0n) is 11.6. The predicted molar refractivity (Wildman–Crippen MR) is 80.0 cm³/mol. The molecule has 2 rings (SSSR count). The molecule has 0 bridgehead atoms. The number of methoxy groups -OCH3 is 1. The molecule has 0 saturated heterocycles. The zero-order chi connectivity index (χ0) is 13.7. The number of hydrogen-bond donors (Lipinski definition) is 1. The number of rotatable bonds is 6. The third-order valence-corrected chi connectivity index (χ3v) is 3.91. The number of ether oxygens (including phenoxy) is 1. The van der Waals surface area contributed by atoms with E-state index in [2.05, 4.69) is 28.7 Å². The summed E-state index contributed by atoms with van der Waals surface area (Å²) in [5.74, 6) is 0.960. The molecular weight excluding hydrogens is 256 g/mol. The van der Waals surface area contributed by atoms with Crippen molar-refractivity contribution in [2.45, 2.75) is 26.3 Å². The van der Waals surface area contributed by atoms with E-state index in [0.29, 0.717) is 6.04 Å². The van der Waals surface area contributed by atoms with Crippen LogP contribution in [0.4, 0.5) is 0 Å². The molecule has 0 aliphatic heterocycles. The highest BCUT2D eigenvalue weighted by Crippen LogP contribution is 2.18. The monoisotopic (exact) mass is 276 g/mol. The minimum Gasteiger partial charge on any atom is -0.496 e. The average Bonchev–Trinajstić information content (AvgIpc) is 2.86. The molecule has 1 aromatic carbocycles. The molecule has 4 heteroatoms. The Kier molecular flexibility index (Phi) is 4.93. The van der Waals surface area contributed by atoms with Crippen LogP contribution in [-0.2, 0) is 6.42 Å². The van der Waals surface area contributed by atoms with Crippen LogP contribution in [0.3, 0.4) is 0 Å². The first-order valence-electron chi connectivity index (χ1n) is 6.48. The Morgan fingerprint density at radius 3 is 2.84 bits per heavy atom. The van der Waals surface area contributed by atoms with E-state index in [9.17, 15) is 0 Å². The summed E-state index contributed by atoms with van der Waals surface area (Å²) in [7, 11) is 1.72. The number of hydrogen-bond acceptors (Lipinski definition) is 4. The van der Waals surface area contributed by atoms with Gasteiger partial charge in [0.25, 0.3) is 0 Å². The van der Waals surface area contributed by atoms with Crippen LogP contribution >= 0.6 is 11.3 Å². The summed E-state index contributed by atoms with van der Waals surface area (Å²) < 4.78 is 5.35. The van der Waals surface area contributed by atoms with Crippen LogP contribution in [0.15, 0.2) is 29.6 Å². The van der Waals surface area contributed by atoms with E-state index in [-0.39, 0.29) is 0 Å². The van der Waals surface area contributed by atoms with Crippen LogP contribution in [0.25, 0.3) is 0 Å². The highest BCUT2D eigenvalue weighted by atomic mass is 32.1. The first-order chi connectivity index (χ1) is 9.20. The molecule has 0 radical (unpaired) electrons. The lowest BCUT2D eigenvalue weighted by Gasteiger charge is -2.13. The Morgan fingerprint density at radius 1 is 1.37 bits per heavy atom. The first kappa shape index (κ1) is 14.0. The van der Waals surface area contributed by atoms with Crippen LogP contribution < -0.4 is 10.1 Å². The molecule has 3 nitrogen and oxygen atoms in total. The van der Waals surface area contributed by atoms with E-state index in [1.54, 1.807) is 18.4 Å². The summed E-state index contributed by atoms with van der Waals surface area (Å²) in [6.45, 7) is 5.10. The molecule has 0 fully saturated rings. The van der Waals surface area contributed by atoms with Crippen LogP contribution in [0, 0.1) is 6.92 Å². The van der Waals surface area contributed by atoms with E-state index in [4.69, 9.17) is 4.74 Å². The Bertz CT molecular complexity index is 524. The largest absolute Gasteiger partial charge is 0.496 e. The number of thiazole rings is 1. The molecule has 1 aromatic heterocycles. The molecule has 0 aliphatic carbocycles. The van der Waals surface area contributed by atoms with E-state index in [1.165, 1.54) is 5.56 Å². The van der Waals surface area contributed by atoms with Gasteiger partial charge in [-0.15, -0.1) is 11.3 Å². The Balaban J connectivity index is 1.86. The first-order valence-corrected chi connectivity index (χ1v) is 7.36. The van der Waals surface area contributed by atoms with Crippen molar-refractivity contribution < 1.29 is 4.74 Å². The van der Waals surface area contributed by atoms with Gasteiger partial charge in [0.1, 0.15) is 5.75 Å². The Hall–Kier alpha value is -1.39. The summed E-state index contributed by atoms with van der Waals surface area (Å²) in [5, 5.41) is 6.74. The molecule has 1 heterocycles. The molecule has 0 amide bonds. The van der Waals surface area contributed by atoms with Gasteiger partial charge in [-0.3, -0.25) is 0 Å². The molecule has 19 heavy (non-hydrogen) atoms. The second-order valence-electron chi connectivity index (χ2n) is 4.53. The van der Waals surface area contributed by atoms with Gasteiger partial charge in [0.15, 0.2) is 0 Å². The summed E-state index contributed by atoms with van der Waals surface area (Å²) in [6.07, 6.45) is 0.956. The van der Waals surface area contributed by atoms with Crippen molar-refractivity contribution in [2.75, 3.05) is 13.7 Å². The van der Waals surface area contributed by atoms with Crippen molar-refractivity contribution in [3.63, 3.8) is 0 Å². The van der Waals surface area contributed by atoms with Gasteiger partial charge < -0.3 is 10.1 Å². The van der Waals surface area contributed by atoms with Crippen LogP contribution in [-0.4, -0.2) is 18.6 Å². The fourth-order valence-corrected chi connectivity index (χ4v) is 2.72. The molecule has 0 aliphatic rings. The SMILES string of the molecule is COc1ccccc1CCNC(C)c1csc(C)n1. The van der Waals surface area contributed by atoms with Crippen molar-refractivity contribution in [2.24, 2.45) is 0 Å². The summed E-state index contributed by atoms with van der Waals surface area (Å²) in [5.41, 5.74) is 2.36. The zero-order valence-corrected chi connectivity index (χ0v) is 12.5. The van der Waals surface area contributed by atoms with Crippen LogP contribution in [0.5, 0.6) is 5.75 Å². The molecule has 0 saturated carbocycles. The van der Waals surface area contributed by atoms with Gasteiger partial charge in [0.2, 0.25) is 0 Å². The summed E-state index contributed by atoms with van der Waals surface area (Å²) in [4.78, 5) is 4.50. The maximum Gasteiger partial charge on any atom is 0.122 e. The fourth-order valence-electron chi connectivity index (χ4n) is 2.02. The molecule has 1 unspecified atom stereocenters. The van der Waals surface area contributed by atoms with Gasteiger partial charge in [-0.25, -0.2) is 4.98 Å². The minimum atomic E-state index is 0.291. The highest BCUT2D eigenvalue weighted by molar-refractivity contribution is 7.09. The van der Waals surface area contributed by atoms with Gasteiger partial charge in [-0.2, -0.15) is 0 Å². The lowest BCUT2D eigenvalue weighted by molar-refractivity contribution is 0.408. The molecular formula is C15H20N2OS. The van der Waals surface area contributed by atoms with Crippen molar-refractivity contribution in [3.8, 4) is 5.75 Å². The van der Waals surface area contributed by atoms with Crippen molar-refractivity contribution >= 4 is 11.3 Å². The van der Waals surface area contributed by atoms with Gasteiger partial charge in [-0.1, -0.05) is 18.2 Å². The smallest absolute Gasteiger partial charge is 0.122 e. The summed E-state index contributed by atoms with van der Waals surface area (Å²) >= 11 is 1.70.